The molecule has 0 aliphatic carbocycles. The quantitative estimate of drug-likeness (QED) is 0.740. The third-order valence-electron chi connectivity index (χ3n) is 2.23. The number of pyridine rings is 1. The lowest BCUT2D eigenvalue weighted by Crippen LogP contribution is -2.20. The Hall–Kier alpha value is -1.78. The van der Waals surface area contributed by atoms with E-state index in [4.69, 9.17) is 0 Å². The first-order valence-corrected chi connectivity index (χ1v) is 5.69. The molecule has 0 aliphatic rings. The summed E-state index contributed by atoms with van der Waals surface area (Å²) < 4.78 is 4.62. The average molecular weight is 237 g/mol. The smallest absolute Gasteiger partial charge is 0.307 e. The van der Waals surface area contributed by atoms with Crippen molar-refractivity contribution in [1.82, 2.24) is 4.98 Å². The van der Waals surface area contributed by atoms with Crippen molar-refractivity contribution in [2.75, 3.05) is 24.3 Å². The Morgan fingerprint density at radius 1 is 1.59 bits per heavy atom. The van der Waals surface area contributed by atoms with Gasteiger partial charge in [0.1, 0.15) is 5.82 Å². The monoisotopic (exact) mass is 237 g/mol. The van der Waals surface area contributed by atoms with Crippen molar-refractivity contribution < 1.29 is 9.53 Å². The zero-order valence-corrected chi connectivity index (χ0v) is 10.5. The van der Waals surface area contributed by atoms with Crippen molar-refractivity contribution in [3.63, 3.8) is 0 Å². The van der Waals surface area contributed by atoms with Gasteiger partial charge in [0, 0.05) is 30.5 Å². The summed E-state index contributed by atoms with van der Waals surface area (Å²) in [7, 11) is 1.39. The van der Waals surface area contributed by atoms with Crippen molar-refractivity contribution in [1.29, 1.82) is 0 Å². The molecule has 0 fully saturated rings. The number of nitrogens with one attached hydrogen (secondary N) is 2. The van der Waals surface area contributed by atoms with E-state index in [1.807, 2.05) is 26.0 Å². The van der Waals surface area contributed by atoms with Gasteiger partial charge in [-0.25, -0.2) is 4.98 Å². The maximum absolute atomic E-state index is 11.1. The molecule has 0 aromatic carbocycles. The van der Waals surface area contributed by atoms with Crippen molar-refractivity contribution >= 4 is 17.5 Å². The van der Waals surface area contributed by atoms with Crippen LogP contribution in [0.1, 0.15) is 20.3 Å². The largest absolute Gasteiger partial charge is 0.469 e. The second-order valence-corrected chi connectivity index (χ2v) is 3.79. The highest BCUT2D eigenvalue weighted by Gasteiger charge is 2.08. The highest BCUT2D eigenvalue weighted by atomic mass is 16.5. The Morgan fingerprint density at radius 3 is 3.00 bits per heavy atom. The average Bonchev–Trinajstić information content (AvgIpc) is 2.29. The van der Waals surface area contributed by atoms with E-state index in [1.54, 1.807) is 6.20 Å². The van der Waals surface area contributed by atoms with Crippen LogP contribution in [0.5, 0.6) is 0 Å². The summed E-state index contributed by atoms with van der Waals surface area (Å²) in [4.78, 5) is 15.3. The first-order chi connectivity index (χ1) is 8.15. The maximum Gasteiger partial charge on any atom is 0.307 e. The van der Waals surface area contributed by atoms with E-state index in [2.05, 4.69) is 20.4 Å². The first-order valence-electron chi connectivity index (χ1n) is 5.69. The lowest BCUT2D eigenvalue weighted by Gasteiger charge is -2.14. The summed E-state index contributed by atoms with van der Waals surface area (Å²) in [6.07, 6.45) is 2.07. The highest BCUT2D eigenvalue weighted by Crippen LogP contribution is 2.13. The lowest BCUT2D eigenvalue weighted by atomic mass is 10.2. The molecule has 0 radical (unpaired) electrons. The number of hydrogen-bond acceptors (Lipinski definition) is 5. The second kappa shape index (κ2) is 6.73. The molecule has 0 saturated carbocycles. The summed E-state index contributed by atoms with van der Waals surface area (Å²) in [5.74, 6) is 0.605. The van der Waals surface area contributed by atoms with Gasteiger partial charge in [0.25, 0.3) is 0 Å². The number of ether oxygens (including phenoxy) is 1. The van der Waals surface area contributed by atoms with E-state index in [9.17, 15) is 4.79 Å². The van der Waals surface area contributed by atoms with Crippen LogP contribution in [0.2, 0.25) is 0 Å². The fraction of sp³-hybridized carbons (Fsp3) is 0.500. The molecule has 1 rings (SSSR count). The number of carbonyl (C=O) groups excluding carboxylic acids is 1. The lowest BCUT2D eigenvalue weighted by molar-refractivity contribution is -0.140. The van der Waals surface area contributed by atoms with Crippen molar-refractivity contribution in [2.24, 2.45) is 0 Å². The number of aromatic nitrogens is 1. The third-order valence-corrected chi connectivity index (χ3v) is 2.23. The van der Waals surface area contributed by atoms with Crippen molar-refractivity contribution in [3.8, 4) is 0 Å². The molecule has 1 aromatic heterocycles. The third kappa shape index (κ3) is 4.72. The fourth-order valence-electron chi connectivity index (χ4n) is 1.47. The zero-order chi connectivity index (χ0) is 12.7. The number of esters is 1. The van der Waals surface area contributed by atoms with Crippen LogP contribution in [0.3, 0.4) is 0 Å². The van der Waals surface area contributed by atoms with Crippen LogP contribution in [0, 0.1) is 0 Å². The number of methoxy groups -OCH3 is 1. The van der Waals surface area contributed by atoms with Gasteiger partial charge < -0.3 is 15.4 Å². The maximum atomic E-state index is 11.1. The van der Waals surface area contributed by atoms with E-state index in [-0.39, 0.29) is 12.0 Å². The van der Waals surface area contributed by atoms with Gasteiger partial charge in [0.2, 0.25) is 0 Å². The number of carbonyl (C=O) groups is 1. The Balaban J connectivity index is 2.55. The van der Waals surface area contributed by atoms with Crippen LogP contribution in [0.4, 0.5) is 11.5 Å². The topological polar surface area (TPSA) is 63.2 Å². The van der Waals surface area contributed by atoms with E-state index >= 15 is 0 Å². The zero-order valence-electron chi connectivity index (χ0n) is 10.5. The van der Waals surface area contributed by atoms with E-state index in [1.165, 1.54) is 7.11 Å². The predicted octanol–water partition coefficient (Wildman–Crippen LogP) is 1.88. The summed E-state index contributed by atoms with van der Waals surface area (Å²) in [6, 6.07) is 3.81. The SMILES string of the molecule is CCNc1cc(NC(C)CC(=O)OC)ccn1. The second-order valence-electron chi connectivity index (χ2n) is 3.79. The van der Waals surface area contributed by atoms with Crippen LogP contribution in [0.25, 0.3) is 0 Å². The molecule has 1 atom stereocenters. The Labute approximate surface area is 102 Å². The van der Waals surface area contributed by atoms with Gasteiger partial charge in [0.05, 0.1) is 13.5 Å². The molecule has 5 heteroatoms. The molecule has 1 heterocycles. The number of hydrogen-bond donors (Lipinski definition) is 2. The molecule has 5 nitrogen and oxygen atoms in total. The Kier molecular flexibility index (Phi) is 5.26. The molecule has 0 saturated heterocycles. The van der Waals surface area contributed by atoms with Gasteiger partial charge in [-0.15, -0.1) is 0 Å². The molecule has 94 valence electrons. The molecule has 0 aliphatic heterocycles. The molecule has 0 amide bonds. The number of nitrogens with zero attached hydrogens (tertiary/aromatic N) is 1. The normalized spacial score (nSPS) is 11.7. The van der Waals surface area contributed by atoms with Crippen LogP contribution in [-0.2, 0) is 9.53 Å². The van der Waals surface area contributed by atoms with Crippen LogP contribution < -0.4 is 10.6 Å². The van der Waals surface area contributed by atoms with Crippen LogP contribution in [0.15, 0.2) is 18.3 Å². The van der Waals surface area contributed by atoms with E-state index in [0.717, 1.165) is 18.1 Å². The van der Waals surface area contributed by atoms with Gasteiger partial charge in [-0.2, -0.15) is 0 Å². The number of anilines is 2. The van der Waals surface area contributed by atoms with Crippen molar-refractivity contribution in [3.05, 3.63) is 18.3 Å². The molecule has 1 aromatic rings. The summed E-state index contributed by atoms with van der Waals surface area (Å²) in [5, 5.41) is 6.36. The van der Waals surface area contributed by atoms with Crippen LogP contribution in [-0.4, -0.2) is 30.6 Å². The van der Waals surface area contributed by atoms with E-state index < -0.39 is 0 Å². The minimum absolute atomic E-state index is 0.0272. The Morgan fingerprint density at radius 2 is 2.35 bits per heavy atom. The summed E-state index contributed by atoms with van der Waals surface area (Å²) in [5.41, 5.74) is 0.937. The minimum atomic E-state index is -0.217. The fourth-order valence-corrected chi connectivity index (χ4v) is 1.47. The molecule has 1 unspecified atom stereocenters. The summed E-state index contributed by atoms with van der Waals surface area (Å²) >= 11 is 0. The van der Waals surface area contributed by atoms with Crippen LogP contribution >= 0.6 is 0 Å². The first kappa shape index (κ1) is 13.3. The number of rotatable bonds is 6. The standard InChI is InChI=1S/C12H19N3O2/c1-4-13-11-8-10(5-6-14-11)15-9(2)7-12(16)17-3/h5-6,8-9H,4,7H2,1-3H3,(H2,13,14,15). The summed E-state index contributed by atoms with van der Waals surface area (Å²) in [6.45, 7) is 4.78. The molecular formula is C12H19N3O2. The van der Waals surface area contributed by atoms with Gasteiger partial charge in [-0.05, 0) is 19.9 Å². The van der Waals surface area contributed by atoms with Crippen molar-refractivity contribution in [2.45, 2.75) is 26.3 Å². The molecule has 0 bridgehead atoms. The van der Waals surface area contributed by atoms with Gasteiger partial charge >= 0.3 is 5.97 Å². The Bertz CT molecular complexity index is 369. The highest BCUT2D eigenvalue weighted by molar-refractivity contribution is 5.70. The molecule has 17 heavy (non-hydrogen) atoms. The minimum Gasteiger partial charge on any atom is -0.469 e. The molecule has 2 N–H and O–H groups in total. The molecule has 0 spiro atoms. The predicted molar refractivity (Wildman–Crippen MR) is 68.1 cm³/mol. The molecular weight excluding hydrogens is 218 g/mol. The van der Waals surface area contributed by atoms with Gasteiger partial charge in [-0.1, -0.05) is 0 Å². The van der Waals surface area contributed by atoms with Gasteiger partial charge in [-0.3, -0.25) is 4.79 Å². The van der Waals surface area contributed by atoms with E-state index in [0.29, 0.717) is 6.42 Å². The van der Waals surface area contributed by atoms with Gasteiger partial charge in [0.15, 0.2) is 0 Å².